The molecule has 2 fully saturated rings. The van der Waals surface area contributed by atoms with E-state index in [-0.39, 0.29) is 37.9 Å². The molecule has 2 aliphatic heterocycles. The van der Waals surface area contributed by atoms with E-state index in [1.165, 1.54) is 4.90 Å². The molecule has 5 nitrogen and oxygen atoms in total. The largest absolute Gasteiger partial charge is 0.471 e. The van der Waals surface area contributed by atoms with Crippen molar-refractivity contribution in [3.05, 3.63) is 35.1 Å². The van der Waals surface area contributed by atoms with Gasteiger partial charge < -0.3 is 15.5 Å². The van der Waals surface area contributed by atoms with Crippen LogP contribution < -0.4 is 5.73 Å². The predicted octanol–water partition coefficient (Wildman–Crippen LogP) is 1.74. The molecule has 28 heavy (non-hydrogen) atoms. The zero-order chi connectivity index (χ0) is 20.8. The number of halogens is 6. The van der Waals surface area contributed by atoms with Crippen LogP contribution in [-0.2, 0) is 16.0 Å². The van der Waals surface area contributed by atoms with Gasteiger partial charge in [0, 0.05) is 31.6 Å². The van der Waals surface area contributed by atoms with E-state index in [1.807, 2.05) is 0 Å². The third-order valence-electron chi connectivity index (χ3n) is 5.07. The van der Waals surface area contributed by atoms with Gasteiger partial charge in [-0.3, -0.25) is 9.59 Å². The highest BCUT2D eigenvalue weighted by atomic mass is 19.4. The summed E-state index contributed by atoms with van der Waals surface area (Å²) in [5.41, 5.74) is 5.64. The average Bonchev–Trinajstić information content (AvgIpc) is 3.18. The molecule has 3 rings (SSSR count). The maximum Gasteiger partial charge on any atom is 0.471 e. The molecule has 2 amide bonds. The first-order valence-corrected chi connectivity index (χ1v) is 8.53. The van der Waals surface area contributed by atoms with Gasteiger partial charge in [-0.05, 0) is 24.5 Å². The predicted molar refractivity (Wildman–Crippen MR) is 84.3 cm³/mol. The highest BCUT2D eigenvalue weighted by Crippen LogP contribution is 2.34. The lowest BCUT2D eigenvalue weighted by Crippen LogP contribution is -2.54. The minimum absolute atomic E-state index is 0.0302. The summed E-state index contributed by atoms with van der Waals surface area (Å²) in [5, 5.41) is 0. The number of nitrogens with zero attached hydrogens (tertiary/aromatic N) is 2. The van der Waals surface area contributed by atoms with Gasteiger partial charge in [0.05, 0.1) is 12.1 Å². The Balaban J connectivity index is 1.57. The molecule has 1 aromatic carbocycles. The molecule has 2 bridgehead atoms. The van der Waals surface area contributed by atoms with Crippen LogP contribution in [0.5, 0.6) is 0 Å². The molecule has 2 aliphatic rings. The first-order valence-electron chi connectivity index (χ1n) is 8.53. The number of alkyl halides is 3. The summed E-state index contributed by atoms with van der Waals surface area (Å²) in [6.07, 6.45) is -5.17. The molecule has 1 aromatic rings. The topological polar surface area (TPSA) is 66.6 Å². The number of rotatable bonds is 4. The Kier molecular flexibility index (Phi) is 5.30. The fourth-order valence-corrected chi connectivity index (χ4v) is 3.80. The summed E-state index contributed by atoms with van der Waals surface area (Å²) >= 11 is 0. The number of amides is 2. The van der Waals surface area contributed by atoms with Crippen molar-refractivity contribution < 1.29 is 35.9 Å². The molecule has 0 aromatic heterocycles. The van der Waals surface area contributed by atoms with Gasteiger partial charge in [0.15, 0.2) is 11.6 Å². The third-order valence-corrected chi connectivity index (χ3v) is 5.07. The number of likely N-dealkylation sites (tertiary alicyclic amines) is 2. The quantitative estimate of drug-likeness (QED) is 0.609. The van der Waals surface area contributed by atoms with E-state index in [4.69, 9.17) is 5.73 Å². The van der Waals surface area contributed by atoms with Crippen LogP contribution in [0.15, 0.2) is 12.1 Å². The smallest absolute Gasteiger partial charge is 0.336 e. The SMILES string of the molecule is N[C@@H](CC(=O)N1CC2CC1CN2C(=O)C(F)(F)F)Cc1cc(F)c(F)cc1F. The van der Waals surface area contributed by atoms with E-state index in [9.17, 15) is 35.9 Å². The number of benzene rings is 1. The Morgan fingerprint density at radius 1 is 1.04 bits per heavy atom. The molecule has 3 atom stereocenters. The number of hydrogen-bond donors (Lipinski definition) is 1. The Morgan fingerprint density at radius 3 is 2.18 bits per heavy atom. The van der Waals surface area contributed by atoms with Crippen molar-refractivity contribution in [2.45, 2.75) is 43.6 Å². The van der Waals surface area contributed by atoms with Crippen LogP contribution in [0.4, 0.5) is 26.3 Å². The number of carbonyl (C=O) groups is 2. The number of hydrogen-bond acceptors (Lipinski definition) is 3. The second-order valence-corrected chi connectivity index (χ2v) is 7.07. The van der Waals surface area contributed by atoms with Gasteiger partial charge in [0.2, 0.25) is 5.91 Å². The maximum atomic E-state index is 13.7. The van der Waals surface area contributed by atoms with Crippen LogP contribution in [0, 0.1) is 17.5 Å². The van der Waals surface area contributed by atoms with Crippen molar-refractivity contribution in [1.29, 1.82) is 0 Å². The van der Waals surface area contributed by atoms with Crippen molar-refractivity contribution in [2.24, 2.45) is 5.73 Å². The lowest BCUT2D eigenvalue weighted by molar-refractivity contribution is -0.187. The van der Waals surface area contributed by atoms with E-state index in [1.54, 1.807) is 0 Å². The van der Waals surface area contributed by atoms with E-state index < -0.39 is 53.6 Å². The molecule has 2 saturated heterocycles. The van der Waals surface area contributed by atoms with Gasteiger partial charge in [-0.1, -0.05) is 0 Å². The highest BCUT2D eigenvalue weighted by molar-refractivity contribution is 5.84. The first-order chi connectivity index (χ1) is 13.0. The van der Waals surface area contributed by atoms with Crippen LogP contribution >= 0.6 is 0 Å². The van der Waals surface area contributed by atoms with E-state index in [0.29, 0.717) is 12.1 Å². The summed E-state index contributed by atoms with van der Waals surface area (Å²) < 4.78 is 77.6. The van der Waals surface area contributed by atoms with Crippen molar-refractivity contribution in [3.8, 4) is 0 Å². The minimum atomic E-state index is -4.96. The van der Waals surface area contributed by atoms with E-state index in [0.717, 1.165) is 4.90 Å². The Bertz CT molecular complexity index is 800. The first kappa shape index (κ1) is 20.4. The van der Waals surface area contributed by atoms with Crippen LogP contribution in [0.2, 0.25) is 0 Å². The summed E-state index contributed by atoms with van der Waals surface area (Å²) in [6.45, 7) is -0.237. The molecule has 0 spiro atoms. The van der Waals surface area contributed by atoms with Gasteiger partial charge >= 0.3 is 12.1 Å². The van der Waals surface area contributed by atoms with Gasteiger partial charge in [0.25, 0.3) is 0 Å². The fraction of sp³-hybridized carbons (Fsp3) is 0.529. The highest BCUT2D eigenvalue weighted by Gasteiger charge is 2.53. The summed E-state index contributed by atoms with van der Waals surface area (Å²) in [4.78, 5) is 25.9. The molecule has 0 radical (unpaired) electrons. The molecular formula is C17H17F6N3O2. The van der Waals surface area contributed by atoms with Crippen LogP contribution in [0.25, 0.3) is 0 Å². The van der Waals surface area contributed by atoms with Gasteiger partial charge in [-0.25, -0.2) is 13.2 Å². The Morgan fingerprint density at radius 2 is 1.61 bits per heavy atom. The van der Waals surface area contributed by atoms with Crippen LogP contribution in [0.1, 0.15) is 18.4 Å². The van der Waals surface area contributed by atoms with Crippen molar-refractivity contribution in [3.63, 3.8) is 0 Å². The third kappa shape index (κ3) is 3.94. The molecule has 2 unspecified atom stereocenters. The number of fused-ring (bicyclic) bond motifs is 2. The molecule has 2 N–H and O–H groups in total. The molecule has 154 valence electrons. The number of piperazine rings is 1. The number of carbonyl (C=O) groups excluding carboxylic acids is 2. The van der Waals surface area contributed by atoms with Crippen LogP contribution in [-0.4, -0.2) is 59.0 Å². The molecule has 2 heterocycles. The number of nitrogens with two attached hydrogens (primary N) is 1. The summed E-state index contributed by atoms with van der Waals surface area (Å²) in [7, 11) is 0. The zero-order valence-electron chi connectivity index (χ0n) is 14.5. The van der Waals surface area contributed by atoms with Gasteiger partial charge in [0.1, 0.15) is 5.82 Å². The minimum Gasteiger partial charge on any atom is -0.336 e. The molecule has 0 saturated carbocycles. The lowest BCUT2D eigenvalue weighted by Gasteiger charge is -2.35. The maximum absolute atomic E-state index is 13.7. The zero-order valence-corrected chi connectivity index (χ0v) is 14.5. The van der Waals surface area contributed by atoms with E-state index >= 15 is 0 Å². The molecular weight excluding hydrogens is 392 g/mol. The van der Waals surface area contributed by atoms with Gasteiger partial charge in [-0.2, -0.15) is 13.2 Å². The van der Waals surface area contributed by atoms with E-state index in [2.05, 4.69) is 0 Å². The monoisotopic (exact) mass is 409 g/mol. The fourth-order valence-electron chi connectivity index (χ4n) is 3.80. The molecule has 0 aliphatic carbocycles. The average molecular weight is 409 g/mol. The normalized spacial score (nSPS) is 22.7. The van der Waals surface area contributed by atoms with Crippen molar-refractivity contribution >= 4 is 11.8 Å². The lowest BCUT2D eigenvalue weighted by atomic mass is 10.0. The summed E-state index contributed by atoms with van der Waals surface area (Å²) in [5.74, 6) is -5.92. The standard InChI is InChI=1S/C17H17F6N3O2/c18-12-5-14(20)13(19)2-8(12)1-9(24)3-15(27)25-6-11-4-10(25)7-26(11)16(28)17(21,22)23/h2,5,9-11H,1,3-4,6-7,24H2/t9-,10?,11?/m1/s1. The second-order valence-electron chi connectivity index (χ2n) is 7.07. The molecule has 11 heteroatoms. The van der Waals surface area contributed by atoms with Crippen LogP contribution in [0.3, 0.4) is 0 Å². The Hall–Kier alpha value is -2.30. The Labute approximate surface area is 156 Å². The van der Waals surface area contributed by atoms with Crippen molar-refractivity contribution in [1.82, 2.24) is 9.80 Å². The second kappa shape index (κ2) is 7.26. The van der Waals surface area contributed by atoms with Gasteiger partial charge in [-0.15, -0.1) is 0 Å². The summed E-state index contributed by atoms with van der Waals surface area (Å²) in [6, 6.07) is -1.06. The van der Waals surface area contributed by atoms with Crippen molar-refractivity contribution in [2.75, 3.05) is 13.1 Å².